The summed E-state index contributed by atoms with van der Waals surface area (Å²) in [7, 11) is 0. The first-order valence-electron chi connectivity index (χ1n) is 3.47. The molecule has 2 heteroatoms. The molecule has 0 aliphatic rings. The van der Waals surface area contributed by atoms with Crippen LogP contribution in [0, 0.1) is 0 Å². The van der Waals surface area contributed by atoms with Crippen LogP contribution in [0.25, 0.3) is 12.2 Å². The molecule has 1 aromatic rings. The van der Waals surface area contributed by atoms with Gasteiger partial charge in [0.1, 0.15) is 0 Å². The molecule has 0 bridgehead atoms. The zero-order valence-corrected chi connectivity index (χ0v) is 6.43. The van der Waals surface area contributed by atoms with E-state index in [1.807, 2.05) is 0 Å². The SMILES string of the molecule is C=Cc1ccc(C=C(F)F)cc1. The molecule has 0 nitrogen and oxygen atoms in total. The molecular weight excluding hydrogens is 158 g/mol. The monoisotopic (exact) mass is 166 g/mol. The lowest BCUT2D eigenvalue weighted by atomic mass is 10.1. The van der Waals surface area contributed by atoms with Crippen molar-refractivity contribution in [1.82, 2.24) is 0 Å². The highest BCUT2D eigenvalue weighted by atomic mass is 19.3. The maximum atomic E-state index is 11.7. The quantitative estimate of drug-likeness (QED) is 0.630. The van der Waals surface area contributed by atoms with Gasteiger partial charge in [-0.05, 0) is 11.1 Å². The molecule has 1 rings (SSSR count). The van der Waals surface area contributed by atoms with Crippen LogP contribution in [-0.2, 0) is 0 Å². The highest BCUT2D eigenvalue weighted by Crippen LogP contribution is 2.10. The fourth-order valence-electron chi connectivity index (χ4n) is 0.854. The first-order valence-corrected chi connectivity index (χ1v) is 3.47. The second kappa shape index (κ2) is 3.81. The number of halogens is 2. The van der Waals surface area contributed by atoms with Crippen LogP contribution in [0.4, 0.5) is 8.78 Å². The molecule has 0 atom stereocenters. The Bertz CT molecular complexity index is 292. The third-order valence-electron chi connectivity index (χ3n) is 1.45. The normalized spacial score (nSPS) is 9.17. The summed E-state index contributed by atoms with van der Waals surface area (Å²) >= 11 is 0. The summed E-state index contributed by atoms with van der Waals surface area (Å²) in [5.74, 6) is 0. The van der Waals surface area contributed by atoms with E-state index in [0.29, 0.717) is 5.56 Å². The van der Waals surface area contributed by atoms with Crippen LogP contribution in [0.15, 0.2) is 36.9 Å². The third kappa shape index (κ3) is 2.31. The van der Waals surface area contributed by atoms with Gasteiger partial charge in [0.2, 0.25) is 0 Å². The van der Waals surface area contributed by atoms with Gasteiger partial charge in [-0.15, -0.1) is 0 Å². The van der Waals surface area contributed by atoms with E-state index < -0.39 is 6.08 Å². The summed E-state index contributed by atoms with van der Waals surface area (Å²) in [6, 6.07) is 6.72. The number of hydrogen-bond donors (Lipinski definition) is 0. The van der Waals surface area contributed by atoms with Crippen LogP contribution in [-0.4, -0.2) is 0 Å². The van der Waals surface area contributed by atoms with Gasteiger partial charge < -0.3 is 0 Å². The predicted molar refractivity (Wildman–Crippen MR) is 46.7 cm³/mol. The smallest absolute Gasteiger partial charge is 0.173 e. The molecule has 0 N–H and O–H groups in total. The van der Waals surface area contributed by atoms with Crippen molar-refractivity contribution in [2.45, 2.75) is 0 Å². The predicted octanol–water partition coefficient (Wildman–Crippen LogP) is 3.57. The van der Waals surface area contributed by atoms with Crippen LogP contribution in [0.5, 0.6) is 0 Å². The van der Waals surface area contributed by atoms with Gasteiger partial charge in [0, 0.05) is 6.08 Å². The molecule has 0 aromatic heterocycles. The zero-order chi connectivity index (χ0) is 8.97. The second-order valence-electron chi connectivity index (χ2n) is 2.30. The minimum absolute atomic E-state index is 0.501. The van der Waals surface area contributed by atoms with E-state index in [-0.39, 0.29) is 0 Å². The van der Waals surface area contributed by atoms with Gasteiger partial charge in [0.15, 0.2) is 0 Å². The molecule has 0 amide bonds. The molecule has 62 valence electrons. The van der Waals surface area contributed by atoms with Crippen molar-refractivity contribution in [1.29, 1.82) is 0 Å². The van der Waals surface area contributed by atoms with Crippen molar-refractivity contribution in [2.24, 2.45) is 0 Å². The Morgan fingerprint density at radius 3 is 2.00 bits per heavy atom. The lowest BCUT2D eigenvalue weighted by Gasteiger charge is -1.93. The first kappa shape index (κ1) is 8.65. The maximum absolute atomic E-state index is 11.7. The van der Waals surface area contributed by atoms with E-state index in [2.05, 4.69) is 6.58 Å². The van der Waals surface area contributed by atoms with Gasteiger partial charge in [-0.25, -0.2) is 0 Å². The van der Waals surface area contributed by atoms with Crippen LogP contribution < -0.4 is 0 Å². The van der Waals surface area contributed by atoms with Crippen molar-refractivity contribution in [3.63, 3.8) is 0 Å². The number of benzene rings is 1. The molecule has 0 aliphatic carbocycles. The lowest BCUT2D eigenvalue weighted by Crippen LogP contribution is -1.73. The van der Waals surface area contributed by atoms with E-state index in [9.17, 15) is 8.78 Å². The Labute approximate surface area is 69.8 Å². The van der Waals surface area contributed by atoms with Gasteiger partial charge in [-0.1, -0.05) is 36.9 Å². The van der Waals surface area contributed by atoms with E-state index in [1.54, 1.807) is 30.3 Å². The Hall–Kier alpha value is -1.44. The van der Waals surface area contributed by atoms with E-state index in [0.717, 1.165) is 11.6 Å². The van der Waals surface area contributed by atoms with Crippen molar-refractivity contribution >= 4 is 12.2 Å². The first-order chi connectivity index (χ1) is 5.72. The van der Waals surface area contributed by atoms with Gasteiger partial charge in [0.25, 0.3) is 6.08 Å². The Balaban J connectivity index is 2.92. The van der Waals surface area contributed by atoms with Crippen molar-refractivity contribution in [3.8, 4) is 0 Å². The maximum Gasteiger partial charge on any atom is 0.270 e. The van der Waals surface area contributed by atoms with Crippen molar-refractivity contribution < 1.29 is 8.78 Å². The Morgan fingerprint density at radius 2 is 1.58 bits per heavy atom. The molecule has 0 heterocycles. The van der Waals surface area contributed by atoms with E-state index in [4.69, 9.17) is 0 Å². The highest BCUT2D eigenvalue weighted by molar-refractivity contribution is 5.54. The molecule has 0 spiro atoms. The zero-order valence-electron chi connectivity index (χ0n) is 6.43. The molecule has 0 unspecified atom stereocenters. The third-order valence-corrected chi connectivity index (χ3v) is 1.45. The average Bonchev–Trinajstić information content (AvgIpc) is 2.05. The van der Waals surface area contributed by atoms with Gasteiger partial charge in [0.05, 0.1) is 0 Å². The van der Waals surface area contributed by atoms with Gasteiger partial charge >= 0.3 is 0 Å². The van der Waals surface area contributed by atoms with Crippen molar-refractivity contribution in [3.05, 3.63) is 48.1 Å². The molecule has 1 aromatic carbocycles. The summed E-state index contributed by atoms with van der Waals surface area (Å²) in [4.78, 5) is 0. The van der Waals surface area contributed by atoms with Crippen LogP contribution in [0.3, 0.4) is 0 Å². The Morgan fingerprint density at radius 1 is 1.08 bits per heavy atom. The van der Waals surface area contributed by atoms with Crippen LogP contribution >= 0.6 is 0 Å². The summed E-state index contributed by atoms with van der Waals surface area (Å²) < 4.78 is 23.5. The Kier molecular flexibility index (Phi) is 2.75. The minimum atomic E-state index is -1.68. The van der Waals surface area contributed by atoms with Crippen LogP contribution in [0.1, 0.15) is 11.1 Å². The fourth-order valence-corrected chi connectivity index (χ4v) is 0.854. The lowest BCUT2D eigenvalue weighted by molar-refractivity contribution is 0.429. The molecular formula is C10H8F2. The molecule has 0 saturated heterocycles. The molecule has 0 aliphatic heterocycles. The largest absolute Gasteiger partial charge is 0.270 e. The van der Waals surface area contributed by atoms with Crippen LogP contribution in [0.2, 0.25) is 0 Å². The molecule has 12 heavy (non-hydrogen) atoms. The number of hydrogen-bond acceptors (Lipinski definition) is 0. The summed E-state index contributed by atoms with van der Waals surface area (Å²) in [5, 5.41) is 0. The van der Waals surface area contributed by atoms with E-state index in [1.165, 1.54) is 0 Å². The minimum Gasteiger partial charge on any atom is -0.173 e. The standard InChI is InChI=1S/C10H8F2/c1-2-8-3-5-9(6-4-8)7-10(11)12/h2-7H,1H2. The number of rotatable bonds is 2. The summed E-state index contributed by atoms with van der Waals surface area (Å²) in [6.07, 6.45) is 0.813. The fraction of sp³-hybridized carbons (Fsp3) is 0. The summed E-state index contributed by atoms with van der Waals surface area (Å²) in [6.45, 7) is 3.56. The van der Waals surface area contributed by atoms with Gasteiger partial charge in [-0.3, -0.25) is 0 Å². The molecule has 0 radical (unpaired) electrons. The highest BCUT2D eigenvalue weighted by Gasteiger charge is 1.91. The van der Waals surface area contributed by atoms with Crippen molar-refractivity contribution in [2.75, 3.05) is 0 Å². The second-order valence-corrected chi connectivity index (χ2v) is 2.30. The molecule has 0 fully saturated rings. The molecule has 0 saturated carbocycles. The van der Waals surface area contributed by atoms with Gasteiger partial charge in [-0.2, -0.15) is 8.78 Å². The average molecular weight is 166 g/mol. The topological polar surface area (TPSA) is 0 Å². The van der Waals surface area contributed by atoms with E-state index >= 15 is 0 Å². The summed E-state index contributed by atoms with van der Waals surface area (Å²) in [5.41, 5.74) is 1.42.